The van der Waals surface area contributed by atoms with Crippen LogP contribution in [-0.4, -0.2) is 96.1 Å². The third-order valence-electron chi connectivity index (χ3n) is 5.15. The molecule has 9 atom stereocenters. The molecular weight excluding hydrogens is 459 g/mol. The van der Waals surface area contributed by atoms with Gasteiger partial charge in [0.2, 0.25) is 0 Å². The zero-order valence-electron chi connectivity index (χ0n) is 16.8. The zero-order chi connectivity index (χ0) is 23.8. The number of aromatic nitrogens is 2. The van der Waals surface area contributed by atoms with Crippen molar-refractivity contribution in [3.63, 3.8) is 0 Å². The average molecular weight is 484 g/mol. The van der Waals surface area contributed by atoms with Gasteiger partial charge in [0.05, 0.1) is 19.3 Å². The highest BCUT2D eigenvalue weighted by Gasteiger charge is 2.47. The van der Waals surface area contributed by atoms with Crippen molar-refractivity contribution in [3.05, 3.63) is 32.6 Å². The van der Waals surface area contributed by atoms with E-state index >= 15 is 0 Å². The summed E-state index contributed by atoms with van der Waals surface area (Å²) in [4.78, 5) is 35.5. The molecule has 2 aliphatic rings. The Bertz CT molecular complexity index is 964. The molecule has 182 valence electrons. The summed E-state index contributed by atoms with van der Waals surface area (Å²) in [5.41, 5.74) is -1.11. The first-order valence-electron chi connectivity index (χ1n) is 9.55. The van der Waals surface area contributed by atoms with Crippen LogP contribution in [0.3, 0.4) is 0 Å². The molecule has 1 aromatic heterocycles. The lowest BCUT2D eigenvalue weighted by atomic mass is 10.00. The van der Waals surface area contributed by atoms with Gasteiger partial charge in [0.25, 0.3) is 5.56 Å². The largest absolute Gasteiger partial charge is 0.474 e. The quantitative estimate of drug-likeness (QED) is 0.186. The van der Waals surface area contributed by atoms with Crippen molar-refractivity contribution >= 4 is 7.82 Å². The number of phosphoric ester groups is 1. The molecule has 0 spiro atoms. The van der Waals surface area contributed by atoms with Gasteiger partial charge in [-0.3, -0.25) is 23.4 Å². The van der Waals surface area contributed by atoms with Gasteiger partial charge in [0.15, 0.2) is 6.29 Å². The molecule has 3 rings (SSSR count). The number of nitrogens with zero attached hydrogens (tertiary/aromatic N) is 1. The van der Waals surface area contributed by atoms with E-state index in [1.165, 1.54) is 13.1 Å². The van der Waals surface area contributed by atoms with Crippen LogP contribution < -0.4 is 11.2 Å². The van der Waals surface area contributed by atoms with Gasteiger partial charge >= 0.3 is 13.5 Å². The van der Waals surface area contributed by atoms with Crippen LogP contribution in [0.2, 0.25) is 0 Å². The van der Waals surface area contributed by atoms with E-state index in [9.17, 15) is 39.5 Å². The molecule has 0 aliphatic carbocycles. The average Bonchev–Trinajstić information content (AvgIpc) is 3.10. The van der Waals surface area contributed by atoms with Crippen molar-refractivity contribution in [1.29, 1.82) is 0 Å². The number of phosphoric acid groups is 1. The number of rotatable bonds is 7. The second-order valence-electron chi connectivity index (χ2n) is 7.48. The van der Waals surface area contributed by atoms with E-state index in [0.29, 0.717) is 0 Å². The van der Waals surface area contributed by atoms with Gasteiger partial charge in [0.1, 0.15) is 36.7 Å². The molecule has 0 amide bonds. The molecule has 15 nitrogen and oxygen atoms in total. The van der Waals surface area contributed by atoms with Crippen molar-refractivity contribution in [2.24, 2.45) is 0 Å². The Labute approximate surface area is 180 Å². The van der Waals surface area contributed by atoms with Crippen LogP contribution in [0.1, 0.15) is 18.2 Å². The minimum atomic E-state index is -4.94. The van der Waals surface area contributed by atoms with Gasteiger partial charge in [0, 0.05) is 18.2 Å². The van der Waals surface area contributed by atoms with Gasteiger partial charge in [-0.25, -0.2) is 9.36 Å². The first kappa shape index (κ1) is 25.1. The molecule has 3 heterocycles. The van der Waals surface area contributed by atoms with E-state index in [4.69, 9.17) is 23.6 Å². The summed E-state index contributed by atoms with van der Waals surface area (Å²) in [6.07, 6.45) is -10.9. The summed E-state index contributed by atoms with van der Waals surface area (Å²) in [6, 6.07) is 0. The number of aryl methyl sites for hydroxylation is 1. The van der Waals surface area contributed by atoms with E-state index in [0.717, 1.165) is 4.57 Å². The second kappa shape index (κ2) is 9.79. The Kier molecular flexibility index (Phi) is 7.69. The monoisotopic (exact) mass is 484 g/mol. The Balaban J connectivity index is 1.61. The molecule has 1 aromatic rings. The number of hydrogen-bond acceptors (Lipinski definition) is 12. The first-order chi connectivity index (χ1) is 14.9. The minimum absolute atomic E-state index is 0.0806. The predicted molar refractivity (Wildman–Crippen MR) is 101 cm³/mol. The van der Waals surface area contributed by atoms with Gasteiger partial charge in [-0.1, -0.05) is 0 Å². The molecule has 7 N–H and O–H groups in total. The maximum atomic E-state index is 12.2. The summed E-state index contributed by atoms with van der Waals surface area (Å²) >= 11 is 0. The molecule has 0 radical (unpaired) electrons. The summed E-state index contributed by atoms with van der Waals surface area (Å²) in [6.45, 7) is 0.0353. The Morgan fingerprint density at radius 3 is 2.50 bits per heavy atom. The van der Waals surface area contributed by atoms with Crippen molar-refractivity contribution in [2.45, 2.75) is 62.5 Å². The van der Waals surface area contributed by atoms with Crippen LogP contribution >= 0.6 is 7.82 Å². The van der Waals surface area contributed by atoms with Gasteiger partial charge < -0.3 is 39.9 Å². The maximum Gasteiger partial charge on any atom is 0.474 e. The van der Waals surface area contributed by atoms with E-state index in [-0.39, 0.29) is 12.0 Å². The fourth-order valence-electron chi connectivity index (χ4n) is 3.32. The molecule has 2 fully saturated rings. The first-order valence-corrected chi connectivity index (χ1v) is 11.0. The number of aliphatic hydroxyl groups excluding tert-OH is 5. The van der Waals surface area contributed by atoms with Gasteiger partial charge in [-0.15, -0.1) is 0 Å². The van der Waals surface area contributed by atoms with Crippen LogP contribution in [0.4, 0.5) is 0 Å². The summed E-state index contributed by atoms with van der Waals surface area (Å²) in [5.74, 6) is 0. The summed E-state index contributed by atoms with van der Waals surface area (Å²) in [7, 11) is -4.94. The minimum Gasteiger partial charge on any atom is -0.394 e. The highest BCUT2D eigenvalue weighted by Crippen LogP contribution is 2.47. The summed E-state index contributed by atoms with van der Waals surface area (Å²) < 4.78 is 33.3. The molecule has 2 saturated heterocycles. The van der Waals surface area contributed by atoms with Crippen molar-refractivity contribution in [2.75, 3.05) is 13.2 Å². The van der Waals surface area contributed by atoms with Crippen LogP contribution in [-0.2, 0) is 23.1 Å². The molecule has 16 heteroatoms. The van der Waals surface area contributed by atoms with Crippen molar-refractivity contribution in [3.8, 4) is 0 Å². The van der Waals surface area contributed by atoms with Crippen LogP contribution in [0, 0.1) is 6.92 Å². The number of H-pyrrole nitrogens is 1. The van der Waals surface area contributed by atoms with E-state index in [2.05, 4.69) is 4.98 Å². The topological polar surface area (TPSA) is 230 Å². The number of nitrogens with one attached hydrogen (secondary N) is 1. The van der Waals surface area contributed by atoms with E-state index in [1.807, 2.05) is 0 Å². The Morgan fingerprint density at radius 1 is 1.16 bits per heavy atom. The lowest BCUT2D eigenvalue weighted by molar-refractivity contribution is -0.281. The molecular formula is C16H25N2O13P. The lowest BCUT2D eigenvalue weighted by Crippen LogP contribution is -2.58. The SMILES string of the molecule is Cc1cn([C@H]2C[C@H](O)[C@@H](COP(=O)(O)O[C@H]3O[C@H](CO)[C@@H](O)[C@H](O)[C@@H]3O)O2)c(=O)[nH]c1=O. The highest BCUT2D eigenvalue weighted by atomic mass is 31.2. The third-order valence-corrected chi connectivity index (χ3v) is 6.10. The Morgan fingerprint density at radius 2 is 1.84 bits per heavy atom. The molecule has 2 aliphatic heterocycles. The number of aliphatic hydroxyl groups is 5. The maximum absolute atomic E-state index is 12.2. The van der Waals surface area contributed by atoms with Crippen molar-refractivity contribution < 1.29 is 53.5 Å². The number of ether oxygens (including phenoxy) is 2. The summed E-state index contributed by atoms with van der Waals surface area (Å²) in [5, 5.41) is 48.6. The second-order valence-corrected chi connectivity index (χ2v) is 8.88. The smallest absolute Gasteiger partial charge is 0.394 e. The zero-order valence-corrected chi connectivity index (χ0v) is 17.6. The fourth-order valence-corrected chi connectivity index (χ4v) is 4.15. The predicted octanol–water partition coefficient (Wildman–Crippen LogP) is -3.57. The number of aromatic amines is 1. The van der Waals surface area contributed by atoms with Crippen LogP contribution in [0.25, 0.3) is 0 Å². The standard InChI is InChI=1S/C16H25N2O13P/c1-6-3-18(16(25)17-14(6)24)10-2-7(20)9(29-10)5-28-32(26,27)31-15-13(23)12(22)11(21)8(4-19)30-15/h3,7-13,15,19-23H,2,4-5H2,1H3,(H,26,27)(H,17,24,25)/t7-,8+,9+,10+,11+,12-,13-,15+/m0/s1. The number of hydrogen-bond donors (Lipinski definition) is 7. The Hall–Kier alpha value is -1.49. The van der Waals surface area contributed by atoms with Gasteiger partial charge in [-0.2, -0.15) is 0 Å². The van der Waals surface area contributed by atoms with E-state index in [1.54, 1.807) is 0 Å². The highest BCUT2D eigenvalue weighted by molar-refractivity contribution is 7.47. The molecule has 0 saturated carbocycles. The van der Waals surface area contributed by atoms with Crippen LogP contribution in [0.15, 0.2) is 15.8 Å². The molecule has 0 aromatic carbocycles. The molecule has 32 heavy (non-hydrogen) atoms. The van der Waals surface area contributed by atoms with Crippen LogP contribution in [0.5, 0.6) is 0 Å². The molecule has 1 unspecified atom stereocenters. The van der Waals surface area contributed by atoms with Crippen molar-refractivity contribution in [1.82, 2.24) is 9.55 Å². The fraction of sp³-hybridized carbons (Fsp3) is 0.750. The molecule has 0 bridgehead atoms. The normalized spacial score (nSPS) is 37.3. The van der Waals surface area contributed by atoms with E-state index < -0.39 is 81.4 Å². The third kappa shape index (κ3) is 5.35. The lowest BCUT2D eigenvalue weighted by Gasteiger charge is -2.39. The van der Waals surface area contributed by atoms with Gasteiger partial charge in [-0.05, 0) is 6.92 Å².